The number of para-hydroxylation sites is 1. The first-order chi connectivity index (χ1) is 9.72. The third-order valence-electron chi connectivity index (χ3n) is 3.08. The Kier molecular flexibility index (Phi) is 3.17. The fourth-order valence-corrected chi connectivity index (χ4v) is 2.07. The molecule has 0 aliphatic heterocycles. The summed E-state index contributed by atoms with van der Waals surface area (Å²) in [5, 5.41) is 0.673. The molecule has 0 bridgehead atoms. The van der Waals surface area contributed by atoms with Gasteiger partial charge in [-0.2, -0.15) is 0 Å². The van der Waals surface area contributed by atoms with Crippen LogP contribution in [-0.2, 0) is 0 Å². The quantitative estimate of drug-likeness (QED) is 0.750. The number of benzene rings is 2. The van der Waals surface area contributed by atoms with Crippen LogP contribution in [0.1, 0.15) is 11.3 Å². The lowest BCUT2D eigenvalue weighted by atomic mass is 10.1. The number of rotatable bonds is 2. The van der Waals surface area contributed by atoms with Crippen molar-refractivity contribution in [2.75, 3.05) is 0 Å². The summed E-state index contributed by atoms with van der Waals surface area (Å²) in [4.78, 5) is 15.1. The Morgan fingerprint density at radius 2 is 1.70 bits per heavy atom. The van der Waals surface area contributed by atoms with Crippen LogP contribution in [0, 0.1) is 5.82 Å². The van der Waals surface area contributed by atoms with Gasteiger partial charge in [-0.25, -0.2) is 4.39 Å². The summed E-state index contributed by atoms with van der Waals surface area (Å²) in [6.07, 6.45) is 3.64. The second kappa shape index (κ2) is 5.13. The molecule has 0 unspecified atom stereocenters. The molecule has 3 aromatic rings. The van der Waals surface area contributed by atoms with Crippen LogP contribution in [0.5, 0.6) is 0 Å². The highest BCUT2D eigenvalue weighted by Crippen LogP contribution is 2.10. The monoisotopic (exact) mass is 265 g/mol. The van der Waals surface area contributed by atoms with Gasteiger partial charge in [-0.15, -0.1) is 0 Å². The molecule has 1 heterocycles. The number of fused-ring (bicyclic) bond motifs is 1. The highest BCUT2D eigenvalue weighted by atomic mass is 19.1. The lowest BCUT2D eigenvalue weighted by Crippen LogP contribution is -2.02. The number of hydrogen-bond donors (Lipinski definition) is 1. The van der Waals surface area contributed by atoms with Gasteiger partial charge >= 0.3 is 0 Å². The van der Waals surface area contributed by atoms with Crippen molar-refractivity contribution in [2.45, 2.75) is 0 Å². The molecule has 0 radical (unpaired) electrons. The largest absolute Gasteiger partial charge is 0.355 e. The summed E-state index contributed by atoms with van der Waals surface area (Å²) in [7, 11) is 0. The first kappa shape index (κ1) is 12.4. The van der Waals surface area contributed by atoms with Crippen LogP contribution in [0.4, 0.5) is 4.39 Å². The van der Waals surface area contributed by atoms with Crippen LogP contribution in [0.15, 0.2) is 59.4 Å². The minimum atomic E-state index is -0.263. The molecule has 0 saturated carbocycles. The molecule has 0 fully saturated rings. The van der Waals surface area contributed by atoms with Gasteiger partial charge in [0.05, 0.1) is 0 Å². The van der Waals surface area contributed by atoms with Crippen molar-refractivity contribution in [3.05, 3.63) is 81.9 Å². The Bertz CT molecular complexity index is 831. The van der Waals surface area contributed by atoms with E-state index in [1.54, 1.807) is 30.3 Å². The minimum Gasteiger partial charge on any atom is -0.355 e. The van der Waals surface area contributed by atoms with Crippen molar-refractivity contribution >= 4 is 23.1 Å². The summed E-state index contributed by atoms with van der Waals surface area (Å²) < 4.78 is 12.8. The molecule has 2 nitrogen and oxygen atoms in total. The summed E-state index contributed by atoms with van der Waals surface area (Å²) in [5.74, 6) is -0.263. The average molecular weight is 265 g/mol. The minimum absolute atomic E-state index is 0.0156. The maximum Gasteiger partial charge on any atom is 0.189 e. The first-order valence-corrected chi connectivity index (χ1v) is 6.28. The zero-order valence-corrected chi connectivity index (χ0v) is 10.6. The molecule has 0 spiro atoms. The number of aromatic amines is 1. The number of nitrogens with one attached hydrogen (secondary N) is 1. The molecule has 3 rings (SSSR count). The standard InChI is InChI=1S/C17H12FNO/c18-13-8-5-12(6-9-13)7-10-14-11-17(20)15-3-1-2-4-16(15)19-14/h1-11H,(H,19,20)/b10-7+. The van der Waals surface area contributed by atoms with Gasteiger partial charge in [-0.1, -0.05) is 30.3 Å². The zero-order valence-electron chi connectivity index (χ0n) is 10.6. The highest BCUT2D eigenvalue weighted by Gasteiger charge is 1.98. The van der Waals surface area contributed by atoms with E-state index < -0.39 is 0 Å². The Morgan fingerprint density at radius 3 is 2.50 bits per heavy atom. The van der Waals surface area contributed by atoms with E-state index in [4.69, 9.17) is 0 Å². The number of H-pyrrole nitrogens is 1. The molecule has 2 aromatic carbocycles. The van der Waals surface area contributed by atoms with E-state index in [0.717, 1.165) is 16.8 Å². The van der Waals surface area contributed by atoms with Crippen molar-refractivity contribution in [3.8, 4) is 0 Å². The second-order valence-electron chi connectivity index (χ2n) is 4.52. The molecular weight excluding hydrogens is 253 g/mol. The predicted octanol–water partition coefficient (Wildman–Crippen LogP) is 3.84. The van der Waals surface area contributed by atoms with E-state index in [1.807, 2.05) is 24.3 Å². The van der Waals surface area contributed by atoms with Crippen molar-refractivity contribution in [1.82, 2.24) is 4.98 Å². The maximum absolute atomic E-state index is 12.8. The van der Waals surface area contributed by atoms with Crippen LogP contribution in [0.3, 0.4) is 0 Å². The van der Waals surface area contributed by atoms with Gasteiger partial charge in [-0.05, 0) is 35.9 Å². The molecule has 98 valence electrons. The average Bonchev–Trinajstić information content (AvgIpc) is 2.47. The third-order valence-corrected chi connectivity index (χ3v) is 3.08. The van der Waals surface area contributed by atoms with E-state index in [2.05, 4.69) is 4.98 Å². The summed E-state index contributed by atoms with van der Waals surface area (Å²) >= 11 is 0. The Morgan fingerprint density at radius 1 is 0.950 bits per heavy atom. The lowest BCUT2D eigenvalue weighted by molar-refractivity contribution is 0.628. The van der Waals surface area contributed by atoms with Gasteiger partial charge in [0, 0.05) is 22.7 Å². The van der Waals surface area contributed by atoms with Crippen molar-refractivity contribution in [1.29, 1.82) is 0 Å². The SMILES string of the molecule is O=c1cc(/C=C/c2ccc(F)cc2)[nH]c2ccccc12. The first-order valence-electron chi connectivity index (χ1n) is 6.28. The van der Waals surface area contributed by atoms with Gasteiger partial charge in [0.25, 0.3) is 0 Å². The van der Waals surface area contributed by atoms with Crippen LogP contribution < -0.4 is 5.43 Å². The summed E-state index contributed by atoms with van der Waals surface area (Å²) in [5.41, 5.74) is 2.38. The van der Waals surface area contributed by atoms with E-state index in [-0.39, 0.29) is 11.2 Å². The normalized spacial score (nSPS) is 11.2. The van der Waals surface area contributed by atoms with Gasteiger partial charge in [0.2, 0.25) is 0 Å². The van der Waals surface area contributed by atoms with Crippen LogP contribution in [0.25, 0.3) is 23.1 Å². The van der Waals surface area contributed by atoms with Crippen LogP contribution in [0.2, 0.25) is 0 Å². The van der Waals surface area contributed by atoms with Crippen molar-refractivity contribution in [2.24, 2.45) is 0 Å². The molecule has 0 aliphatic rings. The molecule has 1 aromatic heterocycles. The Hall–Kier alpha value is -2.68. The number of hydrogen-bond acceptors (Lipinski definition) is 1. The van der Waals surface area contributed by atoms with Crippen molar-refractivity contribution in [3.63, 3.8) is 0 Å². The number of aromatic nitrogens is 1. The van der Waals surface area contributed by atoms with Gasteiger partial charge in [-0.3, -0.25) is 4.79 Å². The summed E-state index contributed by atoms with van der Waals surface area (Å²) in [6, 6.07) is 15.1. The fraction of sp³-hybridized carbons (Fsp3) is 0. The highest BCUT2D eigenvalue weighted by molar-refractivity contribution is 5.80. The van der Waals surface area contributed by atoms with Gasteiger partial charge in [0.1, 0.15) is 5.82 Å². The van der Waals surface area contributed by atoms with E-state index in [1.165, 1.54) is 12.1 Å². The molecule has 0 amide bonds. The number of pyridine rings is 1. The maximum atomic E-state index is 12.8. The topological polar surface area (TPSA) is 32.9 Å². The van der Waals surface area contributed by atoms with E-state index in [0.29, 0.717) is 5.39 Å². The lowest BCUT2D eigenvalue weighted by Gasteiger charge is -2.00. The Balaban J connectivity index is 1.98. The smallest absolute Gasteiger partial charge is 0.189 e. The molecule has 0 saturated heterocycles. The van der Waals surface area contributed by atoms with E-state index in [9.17, 15) is 9.18 Å². The molecular formula is C17H12FNO. The zero-order chi connectivity index (χ0) is 13.9. The fourth-order valence-electron chi connectivity index (χ4n) is 2.07. The van der Waals surface area contributed by atoms with Crippen molar-refractivity contribution < 1.29 is 4.39 Å². The van der Waals surface area contributed by atoms with E-state index >= 15 is 0 Å². The van der Waals surface area contributed by atoms with Gasteiger partial charge in [0.15, 0.2) is 5.43 Å². The molecule has 0 atom stereocenters. The second-order valence-corrected chi connectivity index (χ2v) is 4.52. The Labute approximate surface area is 115 Å². The van der Waals surface area contributed by atoms with Crippen LogP contribution >= 0.6 is 0 Å². The van der Waals surface area contributed by atoms with Crippen LogP contribution in [-0.4, -0.2) is 4.98 Å². The molecule has 0 aliphatic carbocycles. The number of halogens is 1. The predicted molar refractivity (Wildman–Crippen MR) is 79.9 cm³/mol. The third kappa shape index (κ3) is 2.52. The van der Waals surface area contributed by atoms with Gasteiger partial charge < -0.3 is 4.98 Å². The molecule has 3 heteroatoms. The molecule has 1 N–H and O–H groups in total. The summed E-state index contributed by atoms with van der Waals surface area (Å²) in [6.45, 7) is 0. The molecule has 20 heavy (non-hydrogen) atoms.